The first-order chi connectivity index (χ1) is 15.5. The lowest BCUT2D eigenvalue weighted by Gasteiger charge is -2.16. The molecule has 5 rings (SSSR count). The summed E-state index contributed by atoms with van der Waals surface area (Å²) < 4.78 is 0. The van der Waals surface area contributed by atoms with E-state index in [1.165, 1.54) is 0 Å². The van der Waals surface area contributed by atoms with Crippen LogP contribution in [0.25, 0.3) is 22.3 Å². The molecule has 2 aromatic heterocycles. The van der Waals surface area contributed by atoms with Gasteiger partial charge in [-0.15, -0.1) is 0 Å². The highest BCUT2D eigenvalue weighted by Crippen LogP contribution is 2.34. The Morgan fingerprint density at radius 3 is 2.00 bits per heavy atom. The molecule has 32 heavy (non-hydrogen) atoms. The highest BCUT2D eigenvalue weighted by atomic mass is 16.2. The summed E-state index contributed by atoms with van der Waals surface area (Å²) in [7, 11) is 0. The average Bonchev–Trinajstić information content (AvgIpc) is 3.27. The van der Waals surface area contributed by atoms with Gasteiger partial charge in [0.25, 0.3) is 0 Å². The highest BCUT2D eigenvalue weighted by molar-refractivity contribution is 5.93. The maximum atomic E-state index is 12.1. The summed E-state index contributed by atoms with van der Waals surface area (Å²) >= 11 is 0. The van der Waals surface area contributed by atoms with Crippen LogP contribution in [0.15, 0.2) is 82.5 Å². The van der Waals surface area contributed by atoms with Gasteiger partial charge in [0.2, 0.25) is 0 Å². The molecule has 3 aromatic carbocycles. The molecule has 0 radical (unpaired) electrons. The van der Waals surface area contributed by atoms with Gasteiger partial charge >= 0.3 is 11.1 Å². The Bertz CT molecular complexity index is 1490. The first-order valence-electron chi connectivity index (χ1n) is 10.4. The number of aromatic nitrogens is 4. The van der Waals surface area contributed by atoms with Crippen LogP contribution in [0.2, 0.25) is 0 Å². The Kier molecular flexibility index (Phi) is 4.82. The van der Waals surface area contributed by atoms with E-state index >= 15 is 0 Å². The fourth-order valence-electron chi connectivity index (χ4n) is 4.24. The number of nitrogens with zero attached hydrogens (tertiary/aromatic N) is 1. The maximum Gasteiger partial charge on any atom is 0.314 e. The van der Waals surface area contributed by atoms with Crippen molar-refractivity contribution in [2.75, 3.05) is 0 Å². The van der Waals surface area contributed by atoms with Gasteiger partial charge in [-0.05, 0) is 42.2 Å². The number of imidazole rings is 1. The lowest BCUT2D eigenvalue weighted by Crippen LogP contribution is -2.29. The van der Waals surface area contributed by atoms with Crippen molar-refractivity contribution in [3.8, 4) is 11.3 Å². The summed E-state index contributed by atoms with van der Waals surface area (Å²) in [5.41, 5.74) is 5.72. The summed E-state index contributed by atoms with van der Waals surface area (Å²) in [6, 6.07) is 22.3. The van der Waals surface area contributed by atoms with E-state index in [0.29, 0.717) is 11.0 Å². The second-order valence-electron chi connectivity index (χ2n) is 7.96. The molecule has 0 bridgehead atoms. The van der Waals surface area contributed by atoms with E-state index in [2.05, 4.69) is 39.2 Å². The number of hydrogen-bond acceptors (Lipinski definition) is 3. The van der Waals surface area contributed by atoms with Gasteiger partial charge in [0.05, 0.1) is 28.8 Å². The number of fused-ring (bicyclic) bond motifs is 1. The van der Waals surface area contributed by atoms with Crippen molar-refractivity contribution in [1.82, 2.24) is 19.9 Å². The van der Waals surface area contributed by atoms with Gasteiger partial charge < -0.3 is 15.0 Å². The molecule has 0 aliphatic rings. The van der Waals surface area contributed by atoms with Gasteiger partial charge in [-0.1, -0.05) is 60.7 Å². The van der Waals surface area contributed by atoms with Crippen molar-refractivity contribution in [2.24, 2.45) is 0 Å². The lowest BCUT2D eigenvalue weighted by atomic mass is 9.91. The number of aromatic amines is 3. The molecule has 5 aromatic rings. The third-order valence-electron chi connectivity index (χ3n) is 5.94. The number of rotatable bonds is 4. The van der Waals surface area contributed by atoms with E-state index in [1.54, 1.807) is 6.20 Å². The Morgan fingerprint density at radius 2 is 1.38 bits per heavy atom. The molecule has 2 heterocycles. The van der Waals surface area contributed by atoms with Gasteiger partial charge in [0.1, 0.15) is 5.82 Å². The minimum atomic E-state index is -0.673. The molecular formula is C26H22N4O2. The van der Waals surface area contributed by atoms with Crippen LogP contribution in [0.1, 0.15) is 34.0 Å². The van der Waals surface area contributed by atoms with Gasteiger partial charge in [0, 0.05) is 5.56 Å². The van der Waals surface area contributed by atoms with Crippen LogP contribution in [0.4, 0.5) is 0 Å². The Balaban J connectivity index is 1.72. The van der Waals surface area contributed by atoms with Crippen LogP contribution in [0, 0.1) is 13.8 Å². The molecule has 0 spiro atoms. The summed E-state index contributed by atoms with van der Waals surface area (Å²) in [5, 5.41) is 0. The fourth-order valence-corrected chi connectivity index (χ4v) is 4.24. The number of H-pyrrole nitrogens is 3. The molecule has 0 saturated heterocycles. The molecule has 0 amide bonds. The number of nitrogens with one attached hydrogen (secondary N) is 3. The zero-order chi connectivity index (χ0) is 22.2. The number of hydrogen-bond donors (Lipinski definition) is 3. The van der Waals surface area contributed by atoms with Crippen LogP contribution in [-0.4, -0.2) is 19.9 Å². The molecular weight excluding hydrogens is 400 g/mol. The Morgan fingerprint density at radius 1 is 0.781 bits per heavy atom. The molecule has 0 atom stereocenters. The van der Waals surface area contributed by atoms with Gasteiger partial charge in [-0.25, -0.2) is 4.98 Å². The van der Waals surface area contributed by atoms with Crippen LogP contribution >= 0.6 is 0 Å². The molecule has 0 aliphatic heterocycles. The SMILES string of the molecule is Cc1cc2[nH]c(=O)c(=O)[nH]c2c(-c2cnc(C(c3ccccc3)c3ccccc3)[nH]2)c1C. The van der Waals surface area contributed by atoms with E-state index < -0.39 is 11.1 Å². The van der Waals surface area contributed by atoms with Crippen molar-refractivity contribution < 1.29 is 0 Å². The van der Waals surface area contributed by atoms with Crippen molar-refractivity contribution in [3.63, 3.8) is 0 Å². The van der Waals surface area contributed by atoms with E-state index in [1.807, 2.05) is 56.3 Å². The molecule has 6 nitrogen and oxygen atoms in total. The van der Waals surface area contributed by atoms with Crippen molar-refractivity contribution in [3.05, 3.63) is 122 Å². The van der Waals surface area contributed by atoms with Crippen LogP contribution in [0.3, 0.4) is 0 Å². The summed E-state index contributed by atoms with van der Waals surface area (Å²) in [5.74, 6) is 0.736. The third kappa shape index (κ3) is 3.36. The topological polar surface area (TPSA) is 94.4 Å². The van der Waals surface area contributed by atoms with Crippen molar-refractivity contribution in [1.29, 1.82) is 0 Å². The molecule has 0 unspecified atom stereocenters. The van der Waals surface area contributed by atoms with Crippen molar-refractivity contribution >= 4 is 11.0 Å². The average molecular weight is 422 g/mol. The van der Waals surface area contributed by atoms with Crippen LogP contribution in [-0.2, 0) is 0 Å². The number of benzene rings is 3. The summed E-state index contributed by atoms with van der Waals surface area (Å²) in [6.45, 7) is 3.98. The molecule has 3 N–H and O–H groups in total. The Hall–Kier alpha value is -4.19. The molecule has 0 aliphatic carbocycles. The molecule has 6 heteroatoms. The van der Waals surface area contributed by atoms with E-state index in [9.17, 15) is 9.59 Å². The summed E-state index contributed by atoms with van der Waals surface area (Å²) in [6.07, 6.45) is 1.79. The van der Waals surface area contributed by atoms with Gasteiger partial charge in [-0.3, -0.25) is 9.59 Å². The zero-order valence-corrected chi connectivity index (χ0v) is 17.8. The fraction of sp³-hybridized carbons (Fsp3) is 0.115. The monoisotopic (exact) mass is 422 g/mol. The summed E-state index contributed by atoms with van der Waals surface area (Å²) in [4.78, 5) is 37.6. The van der Waals surface area contributed by atoms with Crippen LogP contribution < -0.4 is 11.1 Å². The number of aryl methyl sites for hydroxylation is 1. The first kappa shape index (κ1) is 19.8. The second-order valence-corrected chi connectivity index (χ2v) is 7.96. The van der Waals surface area contributed by atoms with Gasteiger partial charge in [0.15, 0.2) is 0 Å². The largest absolute Gasteiger partial charge is 0.341 e. The van der Waals surface area contributed by atoms with E-state index in [-0.39, 0.29) is 5.92 Å². The third-order valence-corrected chi connectivity index (χ3v) is 5.94. The van der Waals surface area contributed by atoms with Gasteiger partial charge in [-0.2, -0.15) is 0 Å². The van der Waals surface area contributed by atoms with Crippen molar-refractivity contribution in [2.45, 2.75) is 19.8 Å². The zero-order valence-electron chi connectivity index (χ0n) is 17.8. The highest BCUT2D eigenvalue weighted by Gasteiger charge is 2.21. The quantitative estimate of drug-likeness (QED) is 0.375. The minimum Gasteiger partial charge on any atom is -0.341 e. The normalized spacial score (nSPS) is 11.3. The minimum absolute atomic E-state index is 0.0682. The van der Waals surface area contributed by atoms with E-state index in [4.69, 9.17) is 4.98 Å². The second kappa shape index (κ2) is 7.81. The molecule has 0 fully saturated rings. The van der Waals surface area contributed by atoms with Crippen LogP contribution in [0.5, 0.6) is 0 Å². The predicted octanol–water partition coefficient (Wildman–Crippen LogP) is 4.40. The standard InChI is InChI=1S/C26H22N4O2/c1-15-13-19-23(30-26(32)25(31)29-19)21(16(15)2)20-14-27-24(28-20)22(17-9-5-3-6-10-17)18-11-7-4-8-12-18/h3-14,22H,1-2H3,(H,27,28)(H,29,31)(H,30,32). The Labute approximate surface area is 184 Å². The predicted molar refractivity (Wildman–Crippen MR) is 126 cm³/mol. The smallest absolute Gasteiger partial charge is 0.314 e. The van der Waals surface area contributed by atoms with E-state index in [0.717, 1.165) is 39.3 Å². The maximum absolute atomic E-state index is 12.1. The first-order valence-corrected chi connectivity index (χ1v) is 10.4. The lowest BCUT2D eigenvalue weighted by molar-refractivity contribution is 0.885. The molecule has 0 saturated carbocycles. The molecule has 158 valence electrons.